The van der Waals surface area contributed by atoms with Crippen molar-refractivity contribution in [3.05, 3.63) is 71.0 Å². The molecule has 7 heteroatoms. The van der Waals surface area contributed by atoms with Gasteiger partial charge in [-0.3, -0.25) is 4.79 Å². The molecule has 0 aliphatic carbocycles. The van der Waals surface area contributed by atoms with E-state index in [9.17, 15) is 4.79 Å². The van der Waals surface area contributed by atoms with Crippen molar-refractivity contribution in [1.29, 1.82) is 0 Å². The SMILES string of the molecule is CCCc1nnc2n1N[C@H](c1ccc(C)cc1)[C@H](C(=O)Nc1ccccc1C)S2. The Morgan fingerprint density at radius 3 is 2.62 bits per heavy atom. The highest BCUT2D eigenvalue weighted by molar-refractivity contribution is 8.00. The molecule has 0 spiro atoms. The number of hydrogen-bond acceptors (Lipinski definition) is 5. The van der Waals surface area contributed by atoms with Crippen molar-refractivity contribution in [1.82, 2.24) is 14.9 Å². The van der Waals surface area contributed by atoms with E-state index in [1.54, 1.807) is 0 Å². The predicted octanol–water partition coefficient (Wildman–Crippen LogP) is 4.25. The van der Waals surface area contributed by atoms with Crippen LogP contribution in [0.3, 0.4) is 0 Å². The minimum atomic E-state index is -0.372. The van der Waals surface area contributed by atoms with Gasteiger partial charge >= 0.3 is 0 Å². The number of nitrogens with zero attached hydrogens (tertiary/aromatic N) is 3. The Labute approximate surface area is 175 Å². The van der Waals surface area contributed by atoms with Crippen LogP contribution < -0.4 is 10.7 Å². The second-order valence-electron chi connectivity index (χ2n) is 7.34. The molecule has 0 radical (unpaired) electrons. The lowest BCUT2D eigenvalue weighted by Crippen LogP contribution is -2.41. The zero-order chi connectivity index (χ0) is 20.4. The molecule has 0 fully saturated rings. The van der Waals surface area contributed by atoms with Gasteiger partial charge in [0.05, 0.1) is 6.04 Å². The molecule has 1 amide bonds. The summed E-state index contributed by atoms with van der Waals surface area (Å²) < 4.78 is 1.94. The van der Waals surface area contributed by atoms with E-state index >= 15 is 0 Å². The number of carbonyl (C=O) groups excluding carboxylic acids is 1. The Bertz CT molecular complexity index is 1010. The zero-order valence-electron chi connectivity index (χ0n) is 16.8. The van der Waals surface area contributed by atoms with Crippen molar-refractivity contribution in [2.45, 2.75) is 50.1 Å². The van der Waals surface area contributed by atoms with E-state index in [2.05, 4.69) is 59.1 Å². The number of aryl methyl sites for hydroxylation is 3. The van der Waals surface area contributed by atoms with Gasteiger partial charge in [0.1, 0.15) is 5.25 Å². The van der Waals surface area contributed by atoms with Gasteiger partial charge in [0.25, 0.3) is 0 Å². The van der Waals surface area contributed by atoms with Crippen LogP contribution in [0.25, 0.3) is 0 Å². The highest BCUT2D eigenvalue weighted by atomic mass is 32.2. The summed E-state index contributed by atoms with van der Waals surface area (Å²) in [6.45, 7) is 6.17. The van der Waals surface area contributed by atoms with Crippen LogP contribution in [-0.4, -0.2) is 26.0 Å². The first-order valence-electron chi connectivity index (χ1n) is 9.87. The van der Waals surface area contributed by atoms with Gasteiger partial charge < -0.3 is 10.7 Å². The van der Waals surface area contributed by atoms with Gasteiger partial charge in [-0.1, -0.05) is 66.7 Å². The summed E-state index contributed by atoms with van der Waals surface area (Å²) >= 11 is 1.46. The molecule has 1 aliphatic rings. The molecular weight excluding hydrogens is 382 g/mol. The van der Waals surface area contributed by atoms with Gasteiger partial charge in [0.15, 0.2) is 5.82 Å². The van der Waals surface area contributed by atoms with Crippen molar-refractivity contribution in [3.8, 4) is 0 Å². The normalized spacial score (nSPS) is 18.0. The van der Waals surface area contributed by atoms with Gasteiger partial charge in [-0.15, -0.1) is 10.2 Å². The van der Waals surface area contributed by atoms with E-state index in [0.29, 0.717) is 0 Å². The first kappa shape index (κ1) is 19.5. The summed E-state index contributed by atoms with van der Waals surface area (Å²) in [6.07, 6.45) is 1.82. The molecule has 0 bridgehead atoms. The molecule has 0 saturated carbocycles. The number of fused-ring (bicyclic) bond motifs is 1. The summed E-state index contributed by atoms with van der Waals surface area (Å²) in [5.41, 5.74) is 7.63. The first-order valence-corrected chi connectivity index (χ1v) is 10.8. The molecule has 2 atom stereocenters. The van der Waals surface area contributed by atoms with Crippen LogP contribution in [0.15, 0.2) is 53.7 Å². The third-order valence-electron chi connectivity index (χ3n) is 5.08. The fourth-order valence-corrected chi connectivity index (χ4v) is 4.52. The standard InChI is InChI=1S/C22H25N5OS/c1-4-7-18-24-25-22-27(18)26-19(16-12-10-14(2)11-13-16)20(29-22)21(28)23-17-9-6-5-8-15(17)3/h5-6,8-13,19-20,26H,4,7H2,1-3H3,(H,23,28)/t19-,20-/m1/s1. The van der Waals surface area contributed by atoms with Crippen molar-refractivity contribution >= 4 is 23.4 Å². The molecule has 2 heterocycles. The number of nitrogens with one attached hydrogen (secondary N) is 2. The molecule has 3 aromatic rings. The number of benzene rings is 2. The highest BCUT2D eigenvalue weighted by Crippen LogP contribution is 2.38. The van der Waals surface area contributed by atoms with Gasteiger partial charge in [-0.2, -0.15) is 0 Å². The largest absolute Gasteiger partial charge is 0.325 e. The number of thioether (sulfide) groups is 1. The van der Waals surface area contributed by atoms with Crippen molar-refractivity contribution in [2.24, 2.45) is 0 Å². The predicted molar refractivity (Wildman–Crippen MR) is 117 cm³/mol. The van der Waals surface area contributed by atoms with E-state index in [-0.39, 0.29) is 17.2 Å². The first-order chi connectivity index (χ1) is 14.1. The van der Waals surface area contributed by atoms with Crippen LogP contribution >= 0.6 is 11.8 Å². The third-order valence-corrected chi connectivity index (χ3v) is 6.29. The monoisotopic (exact) mass is 407 g/mol. The van der Waals surface area contributed by atoms with Gasteiger partial charge in [-0.05, 0) is 37.5 Å². The molecular formula is C22H25N5OS. The van der Waals surface area contributed by atoms with E-state index in [1.807, 2.05) is 35.9 Å². The average molecular weight is 408 g/mol. The highest BCUT2D eigenvalue weighted by Gasteiger charge is 2.37. The Kier molecular flexibility index (Phi) is 5.58. The Morgan fingerprint density at radius 2 is 1.90 bits per heavy atom. The number of hydrogen-bond donors (Lipinski definition) is 2. The lowest BCUT2D eigenvalue weighted by atomic mass is 10.0. The molecule has 0 unspecified atom stereocenters. The van der Waals surface area contributed by atoms with E-state index in [4.69, 9.17) is 0 Å². The fourth-order valence-electron chi connectivity index (χ4n) is 3.43. The fraction of sp³-hybridized carbons (Fsp3) is 0.318. The lowest BCUT2D eigenvalue weighted by Gasteiger charge is -2.33. The van der Waals surface area contributed by atoms with Crippen LogP contribution in [0.1, 0.15) is 41.9 Å². The number of para-hydroxylation sites is 1. The Hall–Kier alpha value is -2.80. The zero-order valence-corrected chi connectivity index (χ0v) is 17.7. The van der Waals surface area contributed by atoms with Gasteiger partial charge in [0, 0.05) is 12.1 Å². The van der Waals surface area contributed by atoms with Crippen molar-refractivity contribution in [2.75, 3.05) is 10.7 Å². The molecule has 29 heavy (non-hydrogen) atoms. The quantitative estimate of drug-likeness (QED) is 0.662. The number of aromatic nitrogens is 3. The number of amides is 1. The van der Waals surface area contributed by atoms with Crippen LogP contribution in [0, 0.1) is 13.8 Å². The minimum Gasteiger partial charge on any atom is -0.325 e. The second kappa shape index (κ2) is 8.29. The molecule has 1 aromatic heterocycles. The molecule has 1 aliphatic heterocycles. The third kappa shape index (κ3) is 4.00. The lowest BCUT2D eigenvalue weighted by molar-refractivity contribution is -0.116. The molecule has 2 aromatic carbocycles. The van der Waals surface area contributed by atoms with E-state index in [0.717, 1.165) is 40.6 Å². The average Bonchev–Trinajstić information content (AvgIpc) is 3.11. The topological polar surface area (TPSA) is 71.8 Å². The summed E-state index contributed by atoms with van der Waals surface area (Å²) in [5.74, 6) is 0.846. The molecule has 6 nitrogen and oxygen atoms in total. The van der Waals surface area contributed by atoms with Crippen LogP contribution in [0.5, 0.6) is 0 Å². The summed E-state index contributed by atoms with van der Waals surface area (Å²) in [4.78, 5) is 13.3. The van der Waals surface area contributed by atoms with E-state index < -0.39 is 0 Å². The Morgan fingerprint density at radius 1 is 1.14 bits per heavy atom. The maximum Gasteiger partial charge on any atom is 0.240 e. The van der Waals surface area contributed by atoms with Crippen molar-refractivity contribution < 1.29 is 4.79 Å². The summed E-state index contributed by atoms with van der Waals surface area (Å²) in [5, 5.41) is 12.1. The maximum atomic E-state index is 13.3. The molecule has 150 valence electrons. The summed E-state index contributed by atoms with van der Waals surface area (Å²) in [6, 6.07) is 15.9. The van der Waals surface area contributed by atoms with Gasteiger partial charge in [0.2, 0.25) is 11.1 Å². The van der Waals surface area contributed by atoms with Crippen molar-refractivity contribution in [3.63, 3.8) is 0 Å². The van der Waals surface area contributed by atoms with Crippen LogP contribution in [-0.2, 0) is 11.2 Å². The second-order valence-corrected chi connectivity index (χ2v) is 8.45. The summed E-state index contributed by atoms with van der Waals surface area (Å²) in [7, 11) is 0. The maximum absolute atomic E-state index is 13.3. The van der Waals surface area contributed by atoms with E-state index in [1.165, 1.54) is 17.3 Å². The van der Waals surface area contributed by atoms with Crippen LogP contribution in [0.4, 0.5) is 5.69 Å². The molecule has 4 rings (SSSR count). The molecule has 2 N–H and O–H groups in total. The smallest absolute Gasteiger partial charge is 0.240 e. The number of carbonyl (C=O) groups is 1. The minimum absolute atomic E-state index is 0.0475. The van der Waals surface area contributed by atoms with Crippen LogP contribution in [0.2, 0.25) is 0 Å². The van der Waals surface area contributed by atoms with Gasteiger partial charge in [-0.25, -0.2) is 4.68 Å². The Balaban J connectivity index is 1.67. The number of rotatable bonds is 5. The molecule has 0 saturated heterocycles. The number of anilines is 1.